The highest BCUT2D eigenvalue weighted by atomic mass is 16.5. The molecule has 0 aliphatic carbocycles. The van der Waals surface area contributed by atoms with Crippen LogP contribution in [-0.2, 0) is 11.2 Å². The Morgan fingerprint density at radius 3 is 2.04 bits per heavy atom. The number of hydrogen-bond donors (Lipinski definition) is 1. The normalized spacial score (nSPS) is 10.8. The predicted molar refractivity (Wildman–Crippen MR) is 106 cm³/mol. The highest BCUT2D eigenvalue weighted by Gasteiger charge is 2.16. The molecule has 4 aromatic rings. The van der Waals surface area contributed by atoms with Crippen LogP contribution in [0.5, 0.6) is 0 Å². The number of carbonyl (C=O) groups is 1. The number of carbonyl (C=O) groups excluding carboxylic acids is 1. The zero-order valence-corrected chi connectivity index (χ0v) is 14.6. The lowest BCUT2D eigenvalue weighted by molar-refractivity contribution is -0.547. The molecule has 134 valence electrons. The summed E-state index contributed by atoms with van der Waals surface area (Å²) in [5, 5.41) is 17.1. The number of amides is 1. The lowest BCUT2D eigenvalue weighted by atomic mass is 10.0. The molecule has 1 amide bonds. The first-order valence-corrected chi connectivity index (χ1v) is 8.75. The second kappa shape index (κ2) is 7.33. The summed E-state index contributed by atoms with van der Waals surface area (Å²) in [6.45, 7) is 0.218. The molecule has 0 fully saturated rings. The number of pyridine rings is 1. The molecule has 5 heteroatoms. The fourth-order valence-electron chi connectivity index (χ4n) is 3.28. The van der Waals surface area contributed by atoms with Gasteiger partial charge >= 0.3 is 6.09 Å². The van der Waals surface area contributed by atoms with Crippen LogP contribution in [0.2, 0.25) is 0 Å². The van der Waals surface area contributed by atoms with Crippen molar-refractivity contribution in [3.8, 4) is 0 Å². The van der Waals surface area contributed by atoms with Gasteiger partial charge in [0.2, 0.25) is 11.0 Å². The van der Waals surface area contributed by atoms with Crippen LogP contribution in [0.15, 0.2) is 78.9 Å². The average molecular weight is 358 g/mol. The highest BCUT2D eigenvalue weighted by molar-refractivity contribution is 5.94. The minimum absolute atomic E-state index is 0.218. The first-order valence-electron chi connectivity index (χ1n) is 8.75. The minimum Gasteiger partial charge on any atom is -0.618 e. The van der Waals surface area contributed by atoms with Gasteiger partial charge in [0, 0.05) is 24.2 Å². The summed E-state index contributed by atoms with van der Waals surface area (Å²) in [4.78, 5) is 12.0. The SMILES string of the molecule is O=C(Nc1ccccc1)OCCc1c2ccccc2[n+]([O-])c2ccccc12. The Morgan fingerprint density at radius 2 is 1.41 bits per heavy atom. The van der Waals surface area contributed by atoms with Crippen molar-refractivity contribution < 1.29 is 14.3 Å². The first-order chi connectivity index (χ1) is 13.2. The number of nitrogens with zero attached hydrogens (tertiary/aromatic N) is 1. The van der Waals surface area contributed by atoms with Gasteiger partial charge in [-0.15, -0.1) is 0 Å². The van der Waals surface area contributed by atoms with E-state index in [1.807, 2.05) is 54.6 Å². The van der Waals surface area contributed by atoms with Crippen molar-refractivity contribution in [3.05, 3.63) is 89.6 Å². The first kappa shape index (κ1) is 16.8. The molecule has 1 heterocycles. The maximum absolute atomic E-state index is 12.6. The Hall–Kier alpha value is -3.60. The maximum atomic E-state index is 12.6. The summed E-state index contributed by atoms with van der Waals surface area (Å²) < 4.78 is 6.30. The molecular formula is C22H18N2O3. The number of rotatable bonds is 4. The molecule has 3 aromatic carbocycles. The summed E-state index contributed by atoms with van der Waals surface area (Å²) in [6.07, 6.45) is 0.0222. The molecule has 4 rings (SSSR count). The molecule has 0 aliphatic heterocycles. The number of nitrogens with one attached hydrogen (secondary N) is 1. The van der Waals surface area contributed by atoms with Gasteiger partial charge < -0.3 is 9.94 Å². The number of anilines is 1. The molecule has 0 aliphatic rings. The van der Waals surface area contributed by atoms with Crippen LogP contribution < -0.4 is 10.0 Å². The lowest BCUT2D eigenvalue weighted by Gasteiger charge is -2.12. The van der Waals surface area contributed by atoms with E-state index in [0.29, 0.717) is 23.1 Å². The summed E-state index contributed by atoms with van der Waals surface area (Å²) in [5.41, 5.74) is 2.91. The van der Waals surface area contributed by atoms with E-state index < -0.39 is 6.09 Å². The van der Waals surface area contributed by atoms with Crippen molar-refractivity contribution in [2.45, 2.75) is 6.42 Å². The third-order valence-electron chi connectivity index (χ3n) is 4.50. The van der Waals surface area contributed by atoms with E-state index in [1.54, 1.807) is 24.3 Å². The van der Waals surface area contributed by atoms with Crippen molar-refractivity contribution in [2.24, 2.45) is 0 Å². The monoisotopic (exact) mass is 358 g/mol. The third-order valence-corrected chi connectivity index (χ3v) is 4.50. The number of fused-ring (bicyclic) bond motifs is 2. The summed E-state index contributed by atoms with van der Waals surface area (Å²) in [5.74, 6) is 0. The quantitative estimate of drug-likeness (QED) is 0.334. The molecule has 0 atom stereocenters. The van der Waals surface area contributed by atoms with Gasteiger partial charge in [0.1, 0.15) is 0 Å². The van der Waals surface area contributed by atoms with Crippen molar-refractivity contribution in [2.75, 3.05) is 11.9 Å². The van der Waals surface area contributed by atoms with Crippen LogP contribution in [0, 0.1) is 5.21 Å². The molecule has 0 bridgehead atoms. The van der Waals surface area contributed by atoms with Gasteiger partial charge in [0.15, 0.2) is 0 Å². The van der Waals surface area contributed by atoms with Crippen molar-refractivity contribution in [1.29, 1.82) is 0 Å². The van der Waals surface area contributed by atoms with Gasteiger partial charge in [-0.05, 0) is 29.8 Å². The lowest BCUT2D eigenvalue weighted by Crippen LogP contribution is -2.29. The van der Waals surface area contributed by atoms with E-state index in [0.717, 1.165) is 21.1 Å². The third kappa shape index (κ3) is 3.40. The average Bonchev–Trinajstić information content (AvgIpc) is 2.71. The van der Waals surface area contributed by atoms with Crippen LogP contribution in [0.1, 0.15) is 5.56 Å². The molecule has 1 aromatic heterocycles. The second-order valence-electron chi connectivity index (χ2n) is 6.18. The number of aromatic nitrogens is 1. The summed E-state index contributed by atoms with van der Waals surface area (Å²) >= 11 is 0. The Morgan fingerprint density at radius 1 is 0.852 bits per heavy atom. The number of para-hydroxylation sites is 3. The molecule has 5 nitrogen and oxygen atoms in total. The van der Waals surface area contributed by atoms with E-state index in [-0.39, 0.29) is 6.61 Å². The molecule has 1 N–H and O–H groups in total. The molecule has 0 unspecified atom stereocenters. The van der Waals surface area contributed by atoms with E-state index in [1.165, 1.54) is 0 Å². The van der Waals surface area contributed by atoms with Gasteiger partial charge in [0.25, 0.3) is 0 Å². The van der Waals surface area contributed by atoms with Crippen LogP contribution in [-0.4, -0.2) is 12.7 Å². The highest BCUT2D eigenvalue weighted by Crippen LogP contribution is 2.25. The van der Waals surface area contributed by atoms with E-state index in [9.17, 15) is 10.0 Å². The zero-order chi connectivity index (χ0) is 18.6. The Kier molecular flexibility index (Phi) is 4.58. The summed E-state index contributed by atoms with van der Waals surface area (Å²) in [7, 11) is 0. The Labute approximate surface area is 156 Å². The van der Waals surface area contributed by atoms with Crippen LogP contribution in [0.3, 0.4) is 0 Å². The topological polar surface area (TPSA) is 65.3 Å². The van der Waals surface area contributed by atoms with Gasteiger partial charge in [0.05, 0.1) is 17.4 Å². The Bertz CT molecular complexity index is 1050. The molecule has 0 saturated heterocycles. The molecule has 0 radical (unpaired) electrons. The second-order valence-corrected chi connectivity index (χ2v) is 6.18. The van der Waals surface area contributed by atoms with E-state index in [2.05, 4.69) is 5.32 Å². The minimum atomic E-state index is -0.496. The van der Waals surface area contributed by atoms with Crippen LogP contribution in [0.25, 0.3) is 21.8 Å². The van der Waals surface area contributed by atoms with Crippen molar-refractivity contribution >= 4 is 33.6 Å². The zero-order valence-electron chi connectivity index (χ0n) is 14.6. The largest absolute Gasteiger partial charge is 0.618 e. The molecule has 0 spiro atoms. The number of ether oxygens (including phenoxy) is 1. The molecular weight excluding hydrogens is 340 g/mol. The number of hydrogen-bond acceptors (Lipinski definition) is 3. The standard InChI is InChI=1S/C22H18N2O3/c25-22(23-16-8-2-1-3-9-16)27-15-14-17-18-10-4-6-12-20(18)24(26)21-13-7-5-11-19(17)21/h1-13H,14-15H2,(H,23,25). The van der Waals surface area contributed by atoms with Gasteiger partial charge in [-0.25, -0.2) is 4.79 Å². The van der Waals surface area contributed by atoms with Crippen molar-refractivity contribution in [1.82, 2.24) is 0 Å². The predicted octanol–water partition coefficient (Wildman–Crippen LogP) is 4.42. The van der Waals surface area contributed by atoms with Gasteiger partial charge in [-0.3, -0.25) is 5.32 Å². The fraction of sp³-hybridized carbons (Fsp3) is 0.0909. The molecule has 0 saturated carbocycles. The van der Waals surface area contributed by atoms with Crippen molar-refractivity contribution in [3.63, 3.8) is 0 Å². The van der Waals surface area contributed by atoms with E-state index >= 15 is 0 Å². The van der Waals surface area contributed by atoms with Gasteiger partial charge in [-0.1, -0.05) is 42.5 Å². The smallest absolute Gasteiger partial charge is 0.411 e. The fourth-order valence-corrected chi connectivity index (χ4v) is 3.28. The van der Waals surface area contributed by atoms with E-state index in [4.69, 9.17) is 4.74 Å². The number of benzene rings is 3. The van der Waals surface area contributed by atoms with Crippen LogP contribution >= 0.6 is 0 Å². The van der Waals surface area contributed by atoms with Gasteiger partial charge in [-0.2, -0.15) is 4.73 Å². The summed E-state index contributed by atoms with van der Waals surface area (Å²) in [6, 6.07) is 24.1. The van der Waals surface area contributed by atoms with Crippen LogP contribution in [0.4, 0.5) is 10.5 Å². The maximum Gasteiger partial charge on any atom is 0.411 e. The molecule has 27 heavy (non-hydrogen) atoms. The Balaban J connectivity index is 1.58.